The summed E-state index contributed by atoms with van der Waals surface area (Å²) < 4.78 is 7.11. The first-order chi connectivity index (χ1) is 14.9. The third-order valence-corrected chi connectivity index (χ3v) is 6.45. The third kappa shape index (κ3) is 3.50. The quantitative estimate of drug-likeness (QED) is 0.624. The molecule has 3 aromatic rings. The fourth-order valence-corrected chi connectivity index (χ4v) is 4.69. The summed E-state index contributed by atoms with van der Waals surface area (Å²) in [6.45, 7) is 3.30. The summed E-state index contributed by atoms with van der Waals surface area (Å²) in [5, 5.41) is 9.19. The number of fused-ring (bicyclic) bond motifs is 2. The maximum Gasteiger partial charge on any atom is 0.253 e. The smallest absolute Gasteiger partial charge is 0.253 e. The minimum Gasteiger partial charge on any atom is -0.361 e. The highest BCUT2D eigenvalue weighted by Crippen LogP contribution is 2.41. The van der Waals surface area contributed by atoms with Gasteiger partial charge in [-0.1, -0.05) is 16.8 Å². The van der Waals surface area contributed by atoms with Crippen molar-refractivity contribution in [2.45, 2.75) is 38.3 Å². The largest absolute Gasteiger partial charge is 0.361 e. The number of halogens is 1. The molecule has 5 rings (SSSR count). The molecule has 2 aromatic heterocycles. The number of benzene rings is 1. The van der Waals surface area contributed by atoms with E-state index in [1.54, 1.807) is 35.4 Å². The summed E-state index contributed by atoms with van der Waals surface area (Å²) in [5.74, 6) is 1.49. The van der Waals surface area contributed by atoms with Crippen molar-refractivity contribution in [1.82, 2.24) is 19.8 Å². The summed E-state index contributed by atoms with van der Waals surface area (Å²) in [6, 6.07) is 10.6. The minimum atomic E-state index is -0.414. The van der Waals surface area contributed by atoms with Crippen LogP contribution in [0.15, 0.2) is 47.1 Å². The minimum absolute atomic E-state index is 0.0163. The number of aryl methyl sites for hydroxylation is 1. The SMILES string of the molecule is Cc1cc(CN2C(=O)CC3(CCN(C(=O)c4ccc(Cl)cc4)CC3)n3nccc32)no1. The lowest BCUT2D eigenvalue weighted by Crippen LogP contribution is -2.54. The van der Waals surface area contributed by atoms with Crippen LogP contribution < -0.4 is 4.90 Å². The number of carbonyl (C=O) groups is 2. The molecule has 8 nitrogen and oxygen atoms in total. The highest BCUT2D eigenvalue weighted by atomic mass is 35.5. The molecule has 0 atom stereocenters. The monoisotopic (exact) mass is 439 g/mol. The highest BCUT2D eigenvalue weighted by Gasteiger charge is 2.46. The number of rotatable bonds is 3. The molecule has 1 aromatic carbocycles. The summed E-state index contributed by atoms with van der Waals surface area (Å²) in [4.78, 5) is 29.6. The molecule has 160 valence electrons. The van der Waals surface area contributed by atoms with Crippen molar-refractivity contribution in [1.29, 1.82) is 0 Å². The Morgan fingerprint density at radius 1 is 1.19 bits per heavy atom. The summed E-state index contributed by atoms with van der Waals surface area (Å²) in [7, 11) is 0. The molecule has 2 aliphatic rings. The average Bonchev–Trinajstić information content (AvgIpc) is 3.41. The van der Waals surface area contributed by atoms with Gasteiger partial charge in [-0.3, -0.25) is 14.5 Å². The Bertz CT molecular complexity index is 1130. The predicted octanol–water partition coefficient (Wildman–Crippen LogP) is 3.40. The first kappa shape index (κ1) is 19.8. The molecule has 1 spiro atoms. The number of piperidine rings is 1. The van der Waals surface area contributed by atoms with Gasteiger partial charge < -0.3 is 9.42 Å². The van der Waals surface area contributed by atoms with Crippen LogP contribution >= 0.6 is 11.6 Å². The molecule has 1 fully saturated rings. The molecule has 0 radical (unpaired) electrons. The van der Waals surface area contributed by atoms with E-state index in [4.69, 9.17) is 16.1 Å². The topological polar surface area (TPSA) is 84.5 Å². The molecular formula is C22H22ClN5O3. The fraction of sp³-hybridized carbons (Fsp3) is 0.364. The van der Waals surface area contributed by atoms with Gasteiger partial charge in [-0.25, -0.2) is 4.68 Å². The number of hydrogen-bond acceptors (Lipinski definition) is 5. The number of anilines is 1. The molecule has 31 heavy (non-hydrogen) atoms. The third-order valence-electron chi connectivity index (χ3n) is 6.20. The number of likely N-dealkylation sites (tertiary alicyclic amines) is 1. The van der Waals surface area contributed by atoms with Gasteiger partial charge in [-0.15, -0.1) is 0 Å². The van der Waals surface area contributed by atoms with E-state index in [0.717, 1.165) is 5.82 Å². The van der Waals surface area contributed by atoms with E-state index in [2.05, 4.69) is 10.3 Å². The van der Waals surface area contributed by atoms with Gasteiger partial charge in [0.15, 0.2) is 0 Å². The van der Waals surface area contributed by atoms with E-state index in [1.165, 1.54) is 0 Å². The van der Waals surface area contributed by atoms with Crippen LogP contribution in [-0.4, -0.2) is 44.7 Å². The Morgan fingerprint density at radius 3 is 2.61 bits per heavy atom. The molecule has 0 unspecified atom stereocenters. The molecule has 0 bridgehead atoms. The van der Waals surface area contributed by atoms with Crippen molar-refractivity contribution < 1.29 is 14.1 Å². The van der Waals surface area contributed by atoms with Crippen molar-refractivity contribution in [2.24, 2.45) is 0 Å². The van der Waals surface area contributed by atoms with Crippen LogP contribution in [0.4, 0.5) is 5.82 Å². The van der Waals surface area contributed by atoms with Crippen LogP contribution in [-0.2, 0) is 16.9 Å². The highest BCUT2D eigenvalue weighted by molar-refractivity contribution is 6.30. The molecule has 2 aliphatic heterocycles. The molecule has 0 saturated carbocycles. The molecule has 9 heteroatoms. The van der Waals surface area contributed by atoms with E-state index in [0.29, 0.717) is 60.9 Å². The Balaban J connectivity index is 1.35. The summed E-state index contributed by atoms with van der Waals surface area (Å²) in [6.07, 6.45) is 3.41. The van der Waals surface area contributed by atoms with Gasteiger partial charge in [-0.05, 0) is 44.0 Å². The Labute approximate surface area is 184 Å². The van der Waals surface area contributed by atoms with Crippen molar-refractivity contribution in [2.75, 3.05) is 18.0 Å². The van der Waals surface area contributed by atoms with Gasteiger partial charge in [0.05, 0.1) is 24.7 Å². The van der Waals surface area contributed by atoms with E-state index in [9.17, 15) is 9.59 Å². The van der Waals surface area contributed by atoms with Crippen LogP contribution in [0.2, 0.25) is 5.02 Å². The summed E-state index contributed by atoms with van der Waals surface area (Å²) in [5.41, 5.74) is 0.912. The van der Waals surface area contributed by atoms with Gasteiger partial charge >= 0.3 is 0 Å². The molecular weight excluding hydrogens is 418 g/mol. The molecule has 4 heterocycles. The van der Waals surface area contributed by atoms with Gasteiger partial charge in [0.1, 0.15) is 17.3 Å². The Hall–Kier alpha value is -3.13. The van der Waals surface area contributed by atoms with Crippen LogP contribution in [0, 0.1) is 6.92 Å². The number of nitrogens with zero attached hydrogens (tertiary/aromatic N) is 5. The van der Waals surface area contributed by atoms with Crippen LogP contribution in [0.3, 0.4) is 0 Å². The normalized spacial score (nSPS) is 17.8. The zero-order chi connectivity index (χ0) is 21.6. The van der Waals surface area contributed by atoms with Crippen LogP contribution in [0.25, 0.3) is 0 Å². The van der Waals surface area contributed by atoms with Gasteiger partial charge in [0.25, 0.3) is 5.91 Å². The lowest BCUT2D eigenvalue weighted by molar-refractivity contribution is -0.123. The van der Waals surface area contributed by atoms with Crippen molar-refractivity contribution in [3.8, 4) is 0 Å². The zero-order valence-corrected chi connectivity index (χ0v) is 17.9. The van der Waals surface area contributed by atoms with E-state index in [1.807, 2.05) is 28.6 Å². The number of carbonyl (C=O) groups excluding carboxylic acids is 2. The number of hydrogen-bond donors (Lipinski definition) is 0. The van der Waals surface area contributed by atoms with Gasteiger partial charge in [-0.2, -0.15) is 5.10 Å². The van der Waals surface area contributed by atoms with Gasteiger partial charge in [0.2, 0.25) is 5.91 Å². The number of aromatic nitrogens is 3. The average molecular weight is 440 g/mol. The van der Waals surface area contributed by atoms with Crippen molar-refractivity contribution >= 4 is 29.2 Å². The van der Waals surface area contributed by atoms with E-state index < -0.39 is 5.54 Å². The summed E-state index contributed by atoms with van der Waals surface area (Å²) >= 11 is 5.93. The lowest BCUT2D eigenvalue weighted by atomic mass is 9.82. The Kier molecular flexibility index (Phi) is 4.81. The molecule has 2 amide bonds. The maximum atomic E-state index is 13.1. The first-order valence-corrected chi connectivity index (χ1v) is 10.6. The van der Waals surface area contributed by atoms with Crippen molar-refractivity contribution in [3.63, 3.8) is 0 Å². The second-order valence-electron chi connectivity index (χ2n) is 8.21. The Morgan fingerprint density at radius 2 is 1.94 bits per heavy atom. The second kappa shape index (κ2) is 7.53. The molecule has 1 saturated heterocycles. The van der Waals surface area contributed by atoms with E-state index >= 15 is 0 Å². The lowest BCUT2D eigenvalue weighted by Gasteiger charge is -2.46. The standard InChI is InChI=1S/C22H22ClN5O3/c1-15-12-18(25-31-15)14-27-19-6-9-24-28(19)22(13-20(27)29)7-10-26(11-8-22)21(30)16-2-4-17(23)5-3-16/h2-6,9,12H,7-8,10-11,13-14H2,1H3. The zero-order valence-electron chi connectivity index (χ0n) is 17.1. The van der Waals surface area contributed by atoms with Gasteiger partial charge in [0, 0.05) is 35.8 Å². The van der Waals surface area contributed by atoms with E-state index in [-0.39, 0.29) is 11.8 Å². The van der Waals surface area contributed by atoms with Crippen LogP contribution in [0.1, 0.15) is 41.1 Å². The first-order valence-electron chi connectivity index (χ1n) is 10.3. The van der Waals surface area contributed by atoms with Crippen LogP contribution in [0.5, 0.6) is 0 Å². The predicted molar refractivity (Wildman–Crippen MR) is 114 cm³/mol. The fourth-order valence-electron chi connectivity index (χ4n) is 4.56. The molecule has 0 N–H and O–H groups in total. The second-order valence-corrected chi connectivity index (χ2v) is 8.65. The molecule has 0 aliphatic carbocycles. The maximum absolute atomic E-state index is 13.1. The number of amides is 2. The van der Waals surface area contributed by atoms with Crippen molar-refractivity contribution in [3.05, 3.63) is 64.6 Å².